The fourth-order valence-electron chi connectivity index (χ4n) is 6.12. The predicted molar refractivity (Wildman–Crippen MR) is 189 cm³/mol. The second-order valence-corrected chi connectivity index (χ2v) is 14.7. The quantitative estimate of drug-likeness (QED) is 0.0677. The maximum absolute atomic E-state index is 11.9. The molecule has 0 radical (unpaired) electrons. The van der Waals surface area contributed by atoms with Crippen molar-refractivity contribution in [2.45, 2.75) is 218 Å². The summed E-state index contributed by atoms with van der Waals surface area (Å²) < 4.78 is 0. The van der Waals surface area contributed by atoms with Crippen molar-refractivity contribution < 1.29 is 19.8 Å². The van der Waals surface area contributed by atoms with Gasteiger partial charge in [0.2, 0.25) is 0 Å². The largest absolute Gasteiger partial charge is 0.481 e. The molecule has 0 rings (SSSR count). The van der Waals surface area contributed by atoms with E-state index in [2.05, 4.69) is 13.8 Å². The molecule has 0 aromatic rings. The highest BCUT2D eigenvalue weighted by Gasteiger charge is 2.21. The number of carbonyl (C=O) groups is 2. The van der Waals surface area contributed by atoms with Gasteiger partial charge in [-0.25, -0.2) is 0 Å². The van der Waals surface area contributed by atoms with Gasteiger partial charge in [0.25, 0.3) is 0 Å². The van der Waals surface area contributed by atoms with Crippen molar-refractivity contribution in [3.63, 3.8) is 0 Å². The summed E-state index contributed by atoms with van der Waals surface area (Å²) in [6.07, 6.45) is 38.5. The lowest BCUT2D eigenvalue weighted by Crippen LogP contribution is -2.19. The monoisotopic (exact) mass is 627 g/mol. The minimum atomic E-state index is -0.762. The van der Waals surface area contributed by atoms with Crippen LogP contribution in [-0.2, 0) is 9.59 Å². The van der Waals surface area contributed by atoms with Crippen molar-refractivity contribution in [1.29, 1.82) is 0 Å². The zero-order chi connectivity index (χ0) is 31.6. The fourth-order valence-corrected chi connectivity index (χ4v) is 7.53. The second-order valence-electron chi connectivity index (χ2n) is 13.4. The Balaban J connectivity index is 3.85. The number of hydrogen-bond donors (Lipinski definition) is 2. The summed E-state index contributed by atoms with van der Waals surface area (Å²) in [4.78, 5) is 23.3. The molecule has 0 saturated carbocycles. The van der Waals surface area contributed by atoms with Crippen LogP contribution in [0.25, 0.3) is 0 Å². The Morgan fingerprint density at radius 2 is 0.767 bits per heavy atom. The summed E-state index contributed by atoms with van der Waals surface area (Å²) >= 11 is 1.60. The van der Waals surface area contributed by atoms with Crippen LogP contribution in [0.4, 0.5) is 0 Å². The summed E-state index contributed by atoms with van der Waals surface area (Å²) in [6.45, 7) is 4.54. The molecule has 0 aromatic heterocycles. The van der Waals surface area contributed by atoms with Gasteiger partial charge < -0.3 is 10.2 Å². The average molecular weight is 627 g/mol. The summed E-state index contributed by atoms with van der Waals surface area (Å²) in [5, 5.41) is 19.2. The molecule has 2 N–H and O–H groups in total. The maximum atomic E-state index is 11.9. The molecule has 0 bridgehead atoms. The summed E-state index contributed by atoms with van der Waals surface area (Å²) in [6, 6.07) is 0. The molecule has 0 aliphatic rings. The third-order valence-corrected chi connectivity index (χ3v) is 10.5. The van der Waals surface area contributed by atoms with Gasteiger partial charge in [-0.15, -0.1) is 0 Å². The number of carboxylic acids is 2. The Morgan fingerprint density at radius 3 is 1.07 bits per heavy atom. The van der Waals surface area contributed by atoms with Crippen molar-refractivity contribution in [3.8, 4) is 0 Å². The van der Waals surface area contributed by atoms with Gasteiger partial charge in [-0.1, -0.05) is 194 Å². The molecule has 0 saturated heterocycles. The highest BCUT2D eigenvalue weighted by molar-refractivity contribution is 7.99. The molecule has 0 spiro atoms. The van der Waals surface area contributed by atoms with Gasteiger partial charge >= 0.3 is 11.9 Å². The van der Waals surface area contributed by atoms with E-state index in [0.29, 0.717) is 5.75 Å². The molecule has 4 nitrogen and oxygen atoms in total. The number of rotatable bonds is 36. The molecular formula is C38H74O4S. The zero-order valence-corrected chi connectivity index (χ0v) is 29.7. The van der Waals surface area contributed by atoms with Crippen LogP contribution < -0.4 is 0 Å². The van der Waals surface area contributed by atoms with E-state index in [4.69, 9.17) is 0 Å². The SMILES string of the molecule is CCCCCCCCCCCCCCCCC(CC(=O)O)SCC(CCCCCCCCCCCCCCCC)C(=O)O. The van der Waals surface area contributed by atoms with E-state index in [9.17, 15) is 19.8 Å². The Bertz CT molecular complexity index is 596. The topological polar surface area (TPSA) is 74.6 Å². The maximum Gasteiger partial charge on any atom is 0.307 e. The molecule has 0 aliphatic carbocycles. The van der Waals surface area contributed by atoms with Crippen LogP contribution in [-0.4, -0.2) is 33.2 Å². The lowest BCUT2D eigenvalue weighted by atomic mass is 10.0. The first-order valence-electron chi connectivity index (χ1n) is 19.1. The van der Waals surface area contributed by atoms with E-state index in [0.717, 1.165) is 38.5 Å². The Morgan fingerprint density at radius 1 is 0.465 bits per heavy atom. The van der Waals surface area contributed by atoms with Crippen LogP contribution in [0.2, 0.25) is 0 Å². The third-order valence-electron chi connectivity index (χ3n) is 9.07. The molecule has 0 heterocycles. The minimum Gasteiger partial charge on any atom is -0.481 e. The van der Waals surface area contributed by atoms with Crippen molar-refractivity contribution in [2.75, 3.05) is 5.75 Å². The number of unbranched alkanes of at least 4 members (excludes halogenated alkanes) is 26. The molecule has 256 valence electrons. The Kier molecular flexibility index (Phi) is 33.6. The van der Waals surface area contributed by atoms with Gasteiger partial charge in [0.05, 0.1) is 12.3 Å². The first kappa shape index (κ1) is 42.3. The summed E-state index contributed by atoms with van der Waals surface area (Å²) in [5.41, 5.74) is 0. The van der Waals surface area contributed by atoms with Crippen LogP contribution >= 0.6 is 11.8 Å². The molecule has 2 atom stereocenters. The van der Waals surface area contributed by atoms with E-state index in [1.54, 1.807) is 11.8 Å². The number of carboxylic acid groups (broad SMARTS) is 2. The predicted octanol–water partition coefficient (Wildman–Crippen LogP) is 13.0. The van der Waals surface area contributed by atoms with E-state index >= 15 is 0 Å². The van der Waals surface area contributed by atoms with Crippen LogP contribution in [0.15, 0.2) is 0 Å². The van der Waals surface area contributed by atoms with E-state index < -0.39 is 11.9 Å². The van der Waals surface area contributed by atoms with Gasteiger partial charge in [-0.05, 0) is 12.8 Å². The number of thioether (sulfide) groups is 1. The third kappa shape index (κ3) is 32.5. The van der Waals surface area contributed by atoms with Crippen LogP contribution in [0, 0.1) is 5.92 Å². The number of hydrogen-bond acceptors (Lipinski definition) is 3. The van der Waals surface area contributed by atoms with Crippen LogP contribution in [0.5, 0.6) is 0 Å². The molecule has 0 aliphatic heterocycles. The second kappa shape index (κ2) is 34.2. The lowest BCUT2D eigenvalue weighted by Gasteiger charge is -2.18. The normalized spacial score (nSPS) is 12.9. The van der Waals surface area contributed by atoms with E-state index in [1.165, 1.54) is 154 Å². The van der Waals surface area contributed by atoms with Crippen molar-refractivity contribution in [1.82, 2.24) is 0 Å². The highest BCUT2D eigenvalue weighted by Crippen LogP contribution is 2.26. The molecular weight excluding hydrogens is 552 g/mol. The molecule has 0 fully saturated rings. The Labute approximate surface area is 272 Å². The fraction of sp³-hybridized carbons (Fsp3) is 0.947. The average Bonchev–Trinajstić information content (AvgIpc) is 2.98. The smallest absolute Gasteiger partial charge is 0.307 e. The van der Waals surface area contributed by atoms with Crippen LogP contribution in [0.3, 0.4) is 0 Å². The molecule has 2 unspecified atom stereocenters. The lowest BCUT2D eigenvalue weighted by molar-refractivity contribution is -0.141. The minimum absolute atomic E-state index is 0.0352. The Hall–Kier alpha value is -0.710. The van der Waals surface area contributed by atoms with Crippen molar-refractivity contribution in [3.05, 3.63) is 0 Å². The number of aliphatic carboxylic acids is 2. The van der Waals surface area contributed by atoms with Gasteiger partial charge in [0.15, 0.2) is 0 Å². The van der Waals surface area contributed by atoms with Crippen molar-refractivity contribution >= 4 is 23.7 Å². The van der Waals surface area contributed by atoms with Gasteiger partial charge in [0, 0.05) is 11.0 Å². The first-order valence-corrected chi connectivity index (χ1v) is 20.1. The van der Waals surface area contributed by atoms with Gasteiger partial charge in [-0.3, -0.25) is 9.59 Å². The molecule has 0 aromatic carbocycles. The van der Waals surface area contributed by atoms with Crippen molar-refractivity contribution in [2.24, 2.45) is 5.92 Å². The molecule has 43 heavy (non-hydrogen) atoms. The van der Waals surface area contributed by atoms with Gasteiger partial charge in [-0.2, -0.15) is 11.8 Å². The van der Waals surface area contributed by atoms with Gasteiger partial charge in [0.1, 0.15) is 0 Å². The molecule has 5 heteroatoms. The summed E-state index contributed by atoms with van der Waals surface area (Å²) in [7, 11) is 0. The zero-order valence-electron chi connectivity index (χ0n) is 28.9. The van der Waals surface area contributed by atoms with Crippen LogP contribution in [0.1, 0.15) is 213 Å². The van der Waals surface area contributed by atoms with E-state index in [-0.39, 0.29) is 17.6 Å². The first-order chi connectivity index (χ1) is 21.0. The standard InChI is InChI=1S/C38H74O4S/c1-3-5-7-9-11-13-15-17-19-21-23-25-27-29-31-35(38(41)42)34-43-36(33-37(39)40)32-30-28-26-24-22-20-18-16-14-12-10-8-6-4-2/h35-36H,3-34H2,1-2H3,(H,39,40)(H,41,42). The molecule has 0 amide bonds. The summed E-state index contributed by atoms with van der Waals surface area (Å²) in [5.74, 6) is -1.28. The van der Waals surface area contributed by atoms with E-state index in [1.807, 2.05) is 0 Å². The highest BCUT2D eigenvalue weighted by atomic mass is 32.2.